The number of hydrogen-bond donors (Lipinski definition) is 1. The Hall–Kier alpha value is -1.21. The van der Waals surface area contributed by atoms with Crippen LogP contribution in [0.1, 0.15) is 24.4 Å². The van der Waals surface area contributed by atoms with Gasteiger partial charge in [0, 0.05) is 25.2 Å². The number of nitrogens with zero attached hydrogens (tertiary/aromatic N) is 2. The highest BCUT2D eigenvalue weighted by molar-refractivity contribution is 5.03. The molecule has 0 spiro atoms. The second-order valence-electron chi connectivity index (χ2n) is 4.54. The molecule has 0 amide bonds. The van der Waals surface area contributed by atoms with Crippen LogP contribution in [0.2, 0.25) is 0 Å². The number of hydrogen-bond acceptors (Lipinski definition) is 4. The van der Waals surface area contributed by atoms with Crippen molar-refractivity contribution in [1.29, 1.82) is 0 Å². The Morgan fingerprint density at radius 1 is 1.37 bits per heavy atom. The highest BCUT2D eigenvalue weighted by Crippen LogP contribution is 2.19. The van der Waals surface area contributed by atoms with Crippen molar-refractivity contribution in [3.05, 3.63) is 23.8 Å². The highest BCUT2D eigenvalue weighted by atomic mass is 19.4. The van der Waals surface area contributed by atoms with Gasteiger partial charge < -0.3 is 10.1 Å². The van der Waals surface area contributed by atoms with E-state index >= 15 is 0 Å². The second kappa shape index (κ2) is 6.29. The van der Waals surface area contributed by atoms with Gasteiger partial charge in [-0.1, -0.05) is 0 Å². The zero-order chi connectivity index (χ0) is 13.7. The topological polar surface area (TPSA) is 47.0 Å². The van der Waals surface area contributed by atoms with Gasteiger partial charge in [-0.3, -0.25) is 0 Å². The Morgan fingerprint density at radius 3 is 2.84 bits per heavy atom. The molecule has 19 heavy (non-hydrogen) atoms. The lowest BCUT2D eigenvalue weighted by molar-refractivity contribution is -0.173. The lowest BCUT2D eigenvalue weighted by Gasteiger charge is -2.07. The minimum atomic E-state index is -4.28. The summed E-state index contributed by atoms with van der Waals surface area (Å²) in [6.07, 6.45) is 0.0205. The van der Waals surface area contributed by atoms with E-state index in [1.54, 1.807) is 12.3 Å². The number of rotatable bonds is 7. The molecule has 1 fully saturated rings. The minimum Gasteiger partial charge on any atom is -0.372 e. The quantitative estimate of drug-likeness (QED) is 0.771. The van der Waals surface area contributed by atoms with E-state index in [-0.39, 0.29) is 13.0 Å². The third-order valence-electron chi connectivity index (χ3n) is 2.65. The van der Waals surface area contributed by atoms with E-state index in [1.165, 1.54) is 12.8 Å². The maximum absolute atomic E-state index is 11.9. The summed E-state index contributed by atoms with van der Waals surface area (Å²) in [5.41, 5.74) is 0.854. The third kappa shape index (κ3) is 5.98. The van der Waals surface area contributed by atoms with Gasteiger partial charge in [-0.15, -0.1) is 0 Å². The van der Waals surface area contributed by atoms with E-state index in [9.17, 15) is 13.2 Å². The normalized spacial score (nSPS) is 15.7. The first-order valence-electron chi connectivity index (χ1n) is 6.21. The van der Waals surface area contributed by atoms with E-state index in [2.05, 4.69) is 20.0 Å². The molecule has 1 N–H and O–H groups in total. The van der Waals surface area contributed by atoms with E-state index < -0.39 is 12.8 Å². The average molecular weight is 275 g/mol. The molecule has 106 valence electrons. The molecule has 7 heteroatoms. The Morgan fingerprint density at radius 2 is 2.16 bits per heavy atom. The summed E-state index contributed by atoms with van der Waals surface area (Å²) in [5, 5.41) is 3.32. The average Bonchev–Trinajstić information content (AvgIpc) is 3.16. The van der Waals surface area contributed by atoms with E-state index in [0.717, 1.165) is 5.69 Å². The van der Waals surface area contributed by atoms with Crippen LogP contribution in [-0.2, 0) is 17.7 Å². The standard InChI is InChI=1S/C12H16F3N3O/c13-12(14,15)8-19-6-4-11-16-5-3-10(18-11)7-17-9-1-2-9/h3,5,9,17H,1-2,4,6-8H2. The molecule has 1 aliphatic carbocycles. The second-order valence-corrected chi connectivity index (χ2v) is 4.54. The summed E-state index contributed by atoms with van der Waals surface area (Å²) in [4.78, 5) is 8.29. The Kier molecular flexibility index (Phi) is 4.71. The molecule has 0 unspecified atom stereocenters. The maximum atomic E-state index is 11.9. The van der Waals surface area contributed by atoms with Crippen LogP contribution >= 0.6 is 0 Å². The summed E-state index contributed by atoms with van der Waals surface area (Å²) in [7, 11) is 0. The monoisotopic (exact) mass is 275 g/mol. The predicted octanol–water partition coefficient (Wildman–Crippen LogP) is 1.85. The number of ether oxygens (including phenoxy) is 1. The SMILES string of the molecule is FC(F)(F)COCCc1nccc(CNC2CC2)n1. The van der Waals surface area contributed by atoms with Gasteiger partial charge in [-0.2, -0.15) is 13.2 Å². The molecule has 0 bridgehead atoms. The Balaban J connectivity index is 1.71. The van der Waals surface area contributed by atoms with Crippen LogP contribution < -0.4 is 5.32 Å². The summed E-state index contributed by atoms with van der Waals surface area (Å²) >= 11 is 0. The molecule has 1 saturated carbocycles. The number of aromatic nitrogens is 2. The Bertz CT molecular complexity index is 407. The van der Waals surface area contributed by atoms with Crippen molar-refractivity contribution in [2.24, 2.45) is 0 Å². The van der Waals surface area contributed by atoms with E-state index in [1.807, 2.05) is 0 Å². The lowest BCUT2D eigenvalue weighted by atomic mass is 10.3. The molecule has 1 aromatic heterocycles. The van der Waals surface area contributed by atoms with Gasteiger partial charge in [0.25, 0.3) is 0 Å². The van der Waals surface area contributed by atoms with Crippen molar-refractivity contribution in [1.82, 2.24) is 15.3 Å². The van der Waals surface area contributed by atoms with Crippen molar-refractivity contribution in [3.8, 4) is 0 Å². The molecular weight excluding hydrogens is 259 g/mol. The van der Waals surface area contributed by atoms with Gasteiger partial charge in [-0.05, 0) is 18.9 Å². The summed E-state index contributed by atoms with van der Waals surface area (Å²) in [5.74, 6) is 0.511. The summed E-state index contributed by atoms with van der Waals surface area (Å²) in [6, 6.07) is 2.39. The van der Waals surface area contributed by atoms with Crippen LogP contribution in [0.15, 0.2) is 12.3 Å². The van der Waals surface area contributed by atoms with Crippen LogP contribution in [0.5, 0.6) is 0 Å². The molecule has 0 radical (unpaired) electrons. The zero-order valence-corrected chi connectivity index (χ0v) is 10.4. The van der Waals surface area contributed by atoms with Crippen LogP contribution in [0.4, 0.5) is 13.2 Å². The number of alkyl halides is 3. The molecule has 0 saturated heterocycles. The van der Waals surface area contributed by atoms with Gasteiger partial charge >= 0.3 is 6.18 Å². The third-order valence-corrected chi connectivity index (χ3v) is 2.65. The van der Waals surface area contributed by atoms with Gasteiger partial charge in [0.2, 0.25) is 0 Å². The molecule has 0 aliphatic heterocycles. The van der Waals surface area contributed by atoms with Crippen molar-refractivity contribution < 1.29 is 17.9 Å². The summed E-state index contributed by atoms with van der Waals surface area (Å²) in [6.45, 7) is -0.585. The van der Waals surface area contributed by atoms with Gasteiger partial charge in [0.05, 0.1) is 12.3 Å². The predicted molar refractivity (Wildman–Crippen MR) is 62.5 cm³/mol. The molecule has 4 nitrogen and oxygen atoms in total. The first kappa shape index (κ1) is 14.2. The van der Waals surface area contributed by atoms with Gasteiger partial charge in [0.1, 0.15) is 12.4 Å². The fourth-order valence-corrected chi connectivity index (χ4v) is 1.55. The molecule has 0 atom stereocenters. The van der Waals surface area contributed by atoms with Crippen LogP contribution in [0.3, 0.4) is 0 Å². The fourth-order valence-electron chi connectivity index (χ4n) is 1.55. The number of nitrogens with one attached hydrogen (secondary N) is 1. The first-order valence-corrected chi connectivity index (χ1v) is 6.21. The molecule has 1 aromatic rings. The smallest absolute Gasteiger partial charge is 0.372 e. The van der Waals surface area contributed by atoms with E-state index in [4.69, 9.17) is 0 Å². The minimum absolute atomic E-state index is 0.0288. The van der Waals surface area contributed by atoms with Crippen LogP contribution in [0, 0.1) is 0 Å². The molecule has 1 aliphatic rings. The first-order chi connectivity index (χ1) is 9.03. The van der Waals surface area contributed by atoms with Gasteiger partial charge in [0.15, 0.2) is 0 Å². The summed E-state index contributed by atoms with van der Waals surface area (Å²) < 4.78 is 40.1. The molecule has 1 heterocycles. The highest BCUT2D eigenvalue weighted by Gasteiger charge is 2.27. The van der Waals surface area contributed by atoms with Crippen molar-refractivity contribution in [3.63, 3.8) is 0 Å². The largest absolute Gasteiger partial charge is 0.411 e. The van der Waals surface area contributed by atoms with Gasteiger partial charge in [-0.25, -0.2) is 9.97 Å². The van der Waals surface area contributed by atoms with Crippen molar-refractivity contribution in [2.45, 2.75) is 38.0 Å². The zero-order valence-electron chi connectivity index (χ0n) is 10.4. The van der Waals surface area contributed by atoms with Crippen LogP contribution in [-0.4, -0.2) is 35.4 Å². The Labute approximate surface area is 109 Å². The molecule has 0 aromatic carbocycles. The fraction of sp³-hybridized carbons (Fsp3) is 0.667. The van der Waals surface area contributed by atoms with Crippen molar-refractivity contribution >= 4 is 0 Å². The maximum Gasteiger partial charge on any atom is 0.411 e. The van der Waals surface area contributed by atoms with Crippen molar-refractivity contribution in [2.75, 3.05) is 13.2 Å². The lowest BCUT2D eigenvalue weighted by Crippen LogP contribution is -2.19. The number of halogens is 3. The molecule has 2 rings (SSSR count). The van der Waals surface area contributed by atoms with E-state index in [0.29, 0.717) is 18.4 Å². The molecular formula is C12H16F3N3O. The van der Waals surface area contributed by atoms with Crippen LogP contribution in [0.25, 0.3) is 0 Å².